The number of carbonyl (C=O) groups excluding carboxylic acids is 1. The number of nitrogens with zero attached hydrogens (tertiary/aromatic N) is 5. The van der Waals surface area contributed by atoms with E-state index in [0.29, 0.717) is 6.54 Å². The summed E-state index contributed by atoms with van der Waals surface area (Å²) in [7, 11) is 0. The predicted molar refractivity (Wildman–Crippen MR) is 93.2 cm³/mol. The molecule has 3 rings (SSSR count). The average molecular weight is 333 g/mol. The fourth-order valence-electron chi connectivity index (χ4n) is 3.63. The largest absolute Gasteiger partial charge is 0.353 e. The van der Waals surface area contributed by atoms with Crippen molar-refractivity contribution in [3.8, 4) is 0 Å². The minimum atomic E-state index is -0.0646. The highest BCUT2D eigenvalue weighted by Gasteiger charge is 2.38. The van der Waals surface area contributed by atoms with Crippen LogP contribution in [0.25, 0.3) is 0 Å². The third-order valence-electron chi connectivity index (χ3n) is 5.07. The lowest BCUT2D eigenvalue weighted by molar-refractivity contribution is -0.133. The van der Waals surface area contributed by atoms with Gasteiger partial charge in [-0.3, -0.25) is 14.5 Å². The second-order valence-electron chi connectivity index (χ2n) is 6.80. The van der Waals surface area contributed by atoms with E-state index in [-0.39, 0.29) is 23.6 Å². The number of likely N-dealkylation sites (tertiary alicyclic amines) is 1. The van der Waals surface area contributed by atoms with Crippen molar-refractivity contribution < 1.29 is 4.79 Å². The maximum Gasteiger partial charge on any atom is 0.266 e. The minimum Gasteiger partial charge on any atom is -0.353 e. The van der Waals surface area contributed by atoms with Crippen molar-refractivity contribution in [3.63, 3.8) is 0 Å². The lowest BCUT2D eigenvalue weighted by Crippen LogP contribution is -2.53. The molecule has 0 aromatic carbocycles. The van der Waals surface area contributed by atoms with Crippen LogP contribution in [0.15, 0.2) is 16.9 Å². The van der Waals surface area contributed by atoms with E-state index >= 15 is 0 Å². The zero-order valence-electron chi connectivity index (χ0n) is 14.8. The van der Waals surface area contributed by atoms with Gasteiger partial charge in [0.25, 0.3) is 5.56 Å². The second kappa shape index (κ2) is 6.93. The minimum absolute atomic E-state index is 0.0344. The summed E-state index contributed by atoms with van der Waals surface area (Å²) in [5.41, 5.74) is -0.0646. The van der Waals surface area contributed by atoms with Gasteiger partial charge in [-0.2, -0.15) is 5.10 Å². The van der Waals surface area contributed by atoms with Gasteiger partial charge in [0.1, 0.15) is 5.82 Å². The van der Waals surface area contributed by atoms with Gasteiger partial charge in [0.2, 0.25) is 5.91 Å². The molecule has 7 nitrogen and oxygen atoms in total. The van der Waals surface area contributed by atoms with Crippen molar-refractivity contribution in [3.05, 3.63) is 22.5 Å². The molecule has 132 valence electrons. The number of aromatic nitrogens is 2. The van der Waals surface area contributed by atoms with Gasteiger partial charge in [-0.05, 0) is 33.3 Å². The summed E-state index contributed by atoms with van der Waals surface area (Å²) in [6.45, 7) is 10.9. The quantitative estimate of drug-likeness (QED) is 0.798. The monoisotopic (exact) mass is 333 g/mol. The number of aryl methyl sites for hydroxylation is 1. The number of hydrogen-bond acceptors (Lipinski definition) is 5. The Balaban J connectivity index is 1.62. The summed E-state index contributed by atoms with van der Waals surface area (Å²) in [6, 6.07) is 3.69. The molecule has 0 aliphatic carbocycles. The van der Waals surface area contributed by atoms with Crippen molar-refractivity contribution in [1.29, 1.82) is 0 Å². The first-order valence-corrected chi connectivity index (χ1v) is 8.89. The summed E-state index contributed by atoms with van der Waals surface area (Å²) < 4.78 is 1.49. The molecule has 0 saturated carbocycles. The van der Waals surface area contributed by atoms with Crippen LogP contribution in [0.5, 0.6) is 0 Å². The van der Waals surface area contributed by atoms with E-state index in [1.165, 1.54) is 4.68 Å². The van der Waals surface area contributed by atoms with E-state index in [0.717, 1.165) is 45.0 Å². The summed E-state index contributed by atoms with van der Waals surface area (Å²) in [4.78, 5) is 30.7. The van der Waals surface area contributed by atoms with Crippen molar-refractivity contribution >= 4 is 11.7 Å². The zero-order chi connectivity index (χ0) is 17.3. The fraction of sp³-hybridized carbons (Fsp3) is 0.706. The Bertz CT molecular complexity index is 649. The summed E-state index contributed by atoms with van der Waals surface area (Å²) in [6.07, 6.45) is 0.927. The summed E-state index contributed by atoms with van der Waals surface area (Å²) in [5, 5.41) is 4.42. The first-order chi connectivity index (χ1) is 11.5. The topological polar surface area (TPSA) is 61.7 Å². The number of anilines is 1. The Morgan fingerprint density at radius 2 is 1.83 bits per heavy atom. The molecular weight excluding hydrogens is 306 g/mol. The molecular formula is C17H27N5O2. The van der Waals surface area contributed by atoms with Gasteiger partial charge >= 0.3 is 0 Å². The van der Waals surface area contributed by atoms with Crippen LogP contribution in [-0.4, -0.2) is 70.3 Å². The molecule has 1 amide bonds. The van der Waals surface area contributed by atoms with Gasteiger partial charge < -0.3 is 9.80 Å². The van der Waals surface area contributed by atoms with E-state index in [2.05, 4.69) is 28.7 Å². The average Bonchev–Trinajstić information content (AvgIpc) is 2.97. The Hall–Kier alpha value is -1.89. The molecule has 2 saturated heterocycles. The van der Waals surface area contributed by atoms with E-state index in [4.69, 9.17) is 0 Å². The van der Waals surface area contributed by atoms with E-state index in [1.54, 1.807) is 12.1 Å². The molecule has 1 atom stereocenters. The van der Waals surface area contributed by atoms with Gasteiger partial charge in [0, 0.05) is 51.4 Å². The van der Waals surface area contributed by atoms with E-state index in [1.807, 2.05) is 11.8 Å². The Morgan fingerprint density at radius 3 is 2.42 bits per heavy atom. The molecule has 2 aliphatic heterocycles. The van der Waals surface area contributed by atoms with Crippen molar-refractivity contribution in [2.75, 3.05) is 37.6 Å². The van der Waals surface area contributed by atoms with Crippen LogP contribution in [0, 0.1) is 0 Å². The number of piperazine rings is 1. The third-order valence-corrected chi connectivity index (χ3v) is 5.07. The van der Waals surface area contributed by atoms with Gasteiger partial charge in [0.05, 0.1) is 6.04 Å². The lowest BCUT2D eigenvalue weighted by atomic mass is 10.2. The van der Waals surface area contributed by atoms with Crippen LogP contribution in [-0.2, 0) is 11.3 Å². The number of hydrogen-bond donors (Lipinski definition) is 0. The first-order valence-electron chi connectivity index (χ1n) is 8.89. The van der Waals surface area contributed by atoms with Gasteiger partial charge in [-0.15, -0.1) is 0 Å². The molecule has 0 N–H and O–H groups in total. The van der Waals surface area contributed by atoms with Crippen LogP contribution in [0.4, 0.5) is 5.82 Å². The van der Waals surface area contributed by atoms with Crippen LogP contribution in [0.3, 0.4) is 0 Å². The van der Waals surface area contributed by atoms with Crippen LogP contribution < -0.4 is 10.5 Å². The second-order valence-corrected chi connectivity index (χ2v) is 6.80. The summed E-state index contributed by atoms with van der Waals surface area (Å²) >= 11 is 0. The molecule has 0 spiro atoms. The summed E-state index contributed by atoms with van der Waals surface area (Å²) in [5.74, 6) is 1.12. The maximum absolute atomic E-state index is 12.5. The molecule has 2 aliphatic rings. The molecule has 0 bridgehead atoms. The Morgan fingerprint density at radius 1 is 1.12 bits per heavy atom. The van der Waals surface area contributed by atoms with E-state index < -0.39 is 0 Å². The van der Waals surface area contributed by atoms with Gasteiger partial charge in [0.15, 0.2) is 0 Å². The van der Waals surface area contributed by atoms with Crippen LogP contribution >= 0.6 is 0 Å². The number of rotatable bonds is 4. The highest BCUT2D eigenvalue weighted by Crippen LogP contribution is 2.22. The Labute approximate surface area is 142 Å². The third kappa shape index (κ3) is 3.17. The smallest absolute Gasteiger partial charge is 0.266 e. The van der Waals surface area contributed by atoms with E-state index in [9.17, 15) is 9.59 Å². The normalized spacial score (nSPS) is 22.7. The lowest BCUT2D eigenvalue weighted by Gasteiger charge is -2.38. The first kappa shape index (κ1) is 17.0. The van der Waals surface area contributed by atoms with Crippen molar-refractivity contribution in [2.24, 2.45) is 0 Å². The number of amides is 1. The predicted octanol–water partition coefficient (Wildman–Crippen LogP) is 0.395. The molecule has 24 heavy (non-hydrogen) atoms. The van der Waals surface area contributed by atoms with Crippen molar-refractivity contribution in [2.45, 2.75) is 45.8 Å². The molecule has 1 aromatic heterocycles. The molecule has 0 radical (unpaired) electrons. The maximum atomic E-state index is 12.5. The molecule has 1 unspecified atom stereocenters. The highest BCUT2D eigenvalue weighted by molar-refractivity contribution is 5.84. The highest BCUT2D eigenvalue weighted by atomic mass is 16.2. The SMILES string of the molecule is CCn1nc(N2CCN(C3CCN(C(C)C)C3=O)CC2)ccc1=O. The Kier molecular flexibility index (Phi) is 4.89. The fourth-order valence-corrected chi connectivity index (χ4v) is 3.63. The van der Waals surface area contributed by atoms with Gasteiger partial charge in [-0.25, -0.2) is 4.68 Å². The molecule has 1 aromatic rings. The van der Waals surface area contributed by atoms with Crippen molar-refractivity contribution in [1.82, 2.24) is 19.6 Å². The molecule has 7 heteroatoms. The van der Waals surface area contributed by atoms with Crippen LogP contribution in [0.1, 0.15) is 27.2 Å². The zero-order valence-corrected chi connectivity index (χ0v) is 14.8. The van der Waals surface area contributed by atoms with Gasteiger partial charge in [-0.1, -0.05) is 0 Å². The standard InChI is InChI=1S/C17H27N5O2/c1-4-22-16(23)6-5-15(18-22)20-11-9-19(10-12-20)14-7-8-21(13(2)3)17(14)24/h5-6,13-14H,4,7-12H2,1-3H3. The molecule has 2 fully saturated rings. The van der Waals surface area contributed by atoms with Crippen LogP contribution in [0.2, 0.25) is 0 Å². The number of carbonyl (C=O) groups is 1. The molecule has 3 heterocycles.